The molecule has 1 aliphatic heterocycles. The van der Waals surface area contributed by atoms with E-state index in [9.17, 15) is 24.9 Å². The Bertz CT molecular complexity index is 3170. The van der Waals surface area contributed by atoms with E-state index in [0.29, 0.717) is 61.7 Å². The summed E-state index contributed by atoms with van der Waals surface area (Å²) in [5, 5.41) is 44.5. The van der Waals surface area contributed by atoms with Crippen molar-refractivity contribution in [3.8, 4) is 11.8 Å². The van der Waals surface area contributed by atoms with Gasteiger partial charge in [-0.1, -0.05) is 137 Å². The first kappa shape index (κ1) is 54.2. The lowest BCUT2D eigenvalue weighted by molar-refractivity contribution is -0.328. The zero-order valence-electron chi connectivity index (χ0n) is 49.0. The van der Waals surface area contributed by atoms with E-state index >= 15 is 0 Å². The van der Waals surface area contributed by atoms with Crippen molar-refractivity contribution in [1.82, 2.24) is 0 Å². The molecule has 1 heterocycles. The number of carbonyl (C=O) groups is 2. The molecule has 4 bridgehead atoms. The maximum Gasteiger partial charge on any atom is 0.331 e. The highest BCUT2D eigenvalue weighted by Gasteiger charge is 2.77. The van der Waals surface area contributed by atoms with Crippen molar-refractivity contribution >= 4 is 22.7 Å². The summed E-state index contributed by atoms with van der Waals surface area (Å²) in [4.78, 5) is 26.4. The Hall–Kier alpha value is -4.74. The van der Waals surface area contributed by atoms with Gasteiger partial charge in [0.1, 0.15) is 12.7 Å². The van der Waals surface area contributed by atoms with Crippen LogP contribution in [0.5, 0.6) is 0 Å². The largest absolute Gasteiger partial charge is 0.462 e. The molecule has 0 saturated heterocycles. The molecule has 14 rings (SSSR count). The summed E-state index contributed by atoms with van der Waals surface area (Å²) in [6.07, 6.45) is 19.3. The minimum Gasteiger partial charge on any atom is -0.462 e. The Kier molecular flexibility index (Phi) is 13.5. The molecule has 9 aliphatic carbocycles. The predicted octanol–water partition coefficient (Wildman–Crippen LogP) is 14.8. The van der Waals surface area contributed by atoms with Crippen molar-refractivity contribution in [3.05, 3.63) is 130 Å². The quantitative estimate of drug-likeness (QED) is 0.0851. The maximum atomic E-state index is 14.3. The van der Waals surface area contributed by atoms with Gasteiger partial charge in [0.05, 0.1) is 23.2 Å². The number of aryl methyl sites for hydroxylation is 1. The lowest BCUT2D eigenvalue weighted by Crippen LogP contribution is -2.77. The average molecular weight is 1090 g/mol. The van der Waals surface area contributed by atoms with E-state index in [1.165, 1.54) is 81.2 Å². The smallest absolute Gasteiger partial charge is 0.331 e. The fraction of sp³-hybridized carbons (Fsp3) is 0.622. The zero-order valence-corrected chi connectivity index (χ0v) is 49.0. The van der Waals surface area contributed by atoms with Crippen LogP contribution in [0.4, 0.5) is 0 Å². The number of esters is 2. The van der Waals surface area contributed by atoms with Gasteiger partial charge in [0.25, 0.3) is 0 Å². The number of carbonyl (C=O) groups excluding carboxylic acids is 2. The number of aliphatic hydroxyl groups excluding tert-OH is 2. The Morgan fingerprint density at radius 1 is 0.840 bits per heavy atom. The number of hydrogen-bond acceptors (Lipinski definition) is 7. The molecule has 0 amide bonds. The number of hydrogen-bond donors (Lipinski definition) is 3. The van der Waals surface area contributed by atoms with Crippen LogP contribution in [0.3, 0.4) is 0 Å². The van der Waals surface area contributed by atoms with Gasteiger partial charge < -0.3 is 24.8 Å². The third-order valence-electron chi connectivity index (χ3n) is 25.8. The van der Waals surface area contributed by atoms with Gasteiger partial charge in [-0.2, -0.15) is 0 Å². The van der Waals surface area contributed by atoms with Crippen LogP contribution in [0, 0.1) is 74.9 Å². The van der Waals surface area contributed by atoms with Gasteiger partial charge in [0.2, 0.25) is 0 Å². The van der Waals surface area contributed by atoms with Crippen LogP contribution >= 0.6 is 0 Å². The molecular formula is C74H90O7. The summed E-state index contributed by atoms with van der Waals surface area (Å²) >= 11 is 0. The second kappa shape index (κ2) is 20.2. The highest BCUT2D eigenvalue weighted by atomic mass is 16.5. The Morgan fingerprint density at radius 2 is 1.65 bits per heavy atom. The number of ether oxygens (including phenoxy) is 2. The first-order valence-corrected chi connectivity index (χ1v) is 32.4. The molecule has 7 heteroatoms. The molecule has 7 nitrogen and oxygen atoms in total. The Morgan fingerprint density at radius 3 is 2.44 bits per heavy atom. The standard InChI is InChI=1S/C74H90O7/c1-46(16-13-19-49-17-7-5-8-18-49)27-30-62(76)74-63(77)33-35-69(4,68(74)61(81-48(3)75)38-47(2)73(74,79)37-32-51-39-64(78)80-44-51)58-40-59-55-25-15-21-52-28-29-56-57-26-11-12-34-71(57,54-23-9-6-10-24-54)43-60-67(66(56)65(52)55)72(59)42-53(58)22-14-20-50-31-36-70(60,41-50)45-72/h5-10,15,17-18,21,23-25,28-29,39,46-47,50,53,57-63,67-68,76-77,79H,11-13,16,19-20,26-27,30-38,40-45H2,1-4H3. The molecule has 6 fully saturated rings. The van der Waals surface area contributed by atoms with E-state index in [1.54, 1.807) is 28.2 Å². The third-order valence-corrected chi connectivity index (χ3v) is 25.8. The summed E-state index contributed by atoms with van der Waals surface area (Å²) in [5.74, 6) is 9.09. The lowest BCUT2D eigenvalue weighted by Gasteiger charge is -2.71. The van der Waals surface area contributed by atoms with Crippen molar-refractivity contribution in [2.75, 3.05) is 6.61 Å². The normalized spacial score (nSPS) is 41.1. The molecule has 2 spiro atoms. The molecule has 4 aromatic rings. The zero-order chi connectivity index (χ0) is 55.7. The average Bonchev–Trinajstić information content (AvgIpc) is 1.87. The van der Waals surface area contributed by atoms with Gasteiger partial charge in [0.15, 0.2) is 0 Å². The van der Waals surface area contributed by atoms with Crippen LogP contribution in [0.2, 0.25) is 0 Å². The number of cyclic esters (lactones) is 1. The molecule has 0 aromatic heterocycles. The van der Waals surface area contributed by atoms with Crippen LogP contribution in [0.25, 0.3) is 10.8 Å². The van der Waals surface area contributed by atoms with Gasteiger partial charge in [-0.15, -0.1) is 5.92 Å². The molecule has 6 saturated carbocycles. The minimum absolute atomic E-state index is 0.00108. The van der Waals surface area contributed by atoms with Crippen molar-refractivity contribution < 1.29 is 34.4 Å². The van der Waals surface area contributed by atoms with Crippen molar-refractivity contribution in [1.29, 1.82) is 0 Å². The molecule has 19 atom stereocenters. The second-order valence-corrected chi connectivity index (χ2v) is 29.4. The van der Waals surface area contributed by atoms with Crippen LogP contribution < -0.4 is 0 Å². The van der Waals surface area contributed by atoms with E-state index < -0.39 is 46.6 Å². The van der Waals surface area contributed by atoms with E-state index in [2.05, 4.69) is 117 Å². The second-order valence-electron chi connectivity index (χ2n) is 29.4. The highest BCUT2D eigenvalue weighted by molar-refractivity contribution is 5.93. The first-order chi connectivity index (χ1) is 39.1. The summed E-state index contributed by atoms with van der Waals surface area (Å²) in [6.45, 7) is 8.47. The third kappa shape index (κ3) is 8.18. The molecule has 428 valence electrons. The molecule has 0 radical (unpaired) electrons. The number of rotatable bonds is 14. The van der Waals surface area contributed by atoms with Crippen molar-refractivity contribution in [2.24, 2.45) is 63.1 Å². The molecule has 19 unspecified atom stereocenters. The molecule has 10 aliphatic rings. The van der Waals surface area contributed by atoms with Gasteiger partial charge in [-0.3, -0.25) is 4.79 Å². The van der Waals surface area contributed by atoms with Crippen LogP contribution in [-0.2, 0) is 30.9 Å². The Balaban J connectivity index is 0.921. The first-order valence-electron chi connectivity index (χ1n) is 32.4. The summed E-state index contributed by atoms with van der Waals surface area (Å²) < 4.78 is 12.2. The van der Waals surface area contributed by atoms with Gasteiger partial charge in [0, 0.05) is 36.7 Å². The molecular weight excluding hydrogens is 1000 g/mol. The number of fused-ring (bicyclic) bond motifs is 6. The lowest BCUT2D eigenvalue weighted by atomic mass is 9.35. The fourth-order valence-electron chi connectivity index (χ4n) is 22.8. The van der Waals surface area contributed by atoms with E-state index in [1.807, 2.05) is 6.92 Å². The van der Waals surface area contributed by atoms with E-state index in [4.69, 9.17) is 9.47 Å². The predicted molar refractivity (Wildman–Crippen MR) is 318 cm³/mol. The van der Waals surface area contributed by atoms with Crippen molar-refractivity contribution in [2.45, 2.75) is 216 Å². The number of aliphatic hydroxyl groups is 3. The van der Waals surface area contributed by atoms with Gasteiger partial charge in [-0.05, 0) is 223 Å². The highest BCUT2D eigenvalue weighted by Crippen LogP contribution is 2.82. The minimum atomic E-state index is -1.59. The monoisotopic (exact) mass is 1090 g/mol. The SMILES string of the molecule is CC(=O)OC1CC(C)C(O)(CCC2=CC(=O)OC2)C2(C(O)CCC(C)CCCc3ccccc3)C(O)CCC(C)(C3CC4c5cccc6ccc7c(c56)C5C(CC6(c8ccccc8)CCCCC76)C67CCC(CC#CC3CC45C6)C7)C12. The van der Waals surface area contributed by atoms with E-state index in [0.717, 1.165) is 50.5 Å². The Labute approximate surface area is 482 Å². The van der Waals surface area contributed by atoms with Crippen molar-refractivity contribution in [3.63, 3.8) is 0 Å². The van der Waals surface area contributed by atoms with E-state index in [-0.39, 0.29) is 59.0 Å². The summed E-state index contributed by atoms with van der Waals surface area (Å²) in [6, 6.07) is 34.9. The topological polar surface area (TPSA) is 113 Å². The van der Waals surface area contributed by atoms with Gasteiger partial charge in [-0.25, -0.2) is 4.79 Å². The maximum absolute atomic E-state index is 14.3. The van der Waals surface area contributed by atoms with Crippen LogP contribution in [0.1, 0.15) is 208 Å². The molecule has 4 aromatic carbocycles. The van der Waals surface area contributed by atoms with Crippen LogP contribution in [-0.4, -0.2) is 57.8 Å². The molecule has 81 heavy (non-hydrogen) atoms. The van der Waals surface area contributed by atoms with Crippen LogP contribution in [0.15, 0.2) is 103 Å². The molecule has 3 N–H and O–H groups in total. The summed E-state index contributed by atoms with van der Waals surface area (Å²) in [5.41, 5.74) is 5.25. The summed E-state index contributed by atoms with van der Waals surface area (Å²) in [7, 11) is 0. The number of benzene rings is 4. The fourth-order valence-corrected chi connectivity index (χ4v) is 22.8. The van der Waals surface area contributed by atoms with Gasteiger partial charge >= 0.3 is 11.9 Å².